The van der Waals surface area contributed by atoms with Crippen molar-refractivity contribution in [2.45, 2.75) is 46.6 Å². The molecule has 1 atom stereocenters. The Morgan fingerprint density at radius 2 is 1.80 bits per heavy atom. The summed E-state index contributed by atoms with van der Waals surface area (Å²) in [6.07, 6.45) is -0.600. The number of carboxylic acids is 1. The van der Waals surface area contributed by atoms with Crippen LogP contribution in [0.15, 0.2) is 0 Å². The second-order valence-electron chi connectivity index (χ2n) is 4.56. The second kappa shape index (κ2) is 5.85. The van der Waals surface area contributed by atoms with Crippen LogP contribution in [0, 0.1) is 5.41 Å². The number of rotatable bonds is 6. The summed E-state index contributed by atoms with van der Waals surface area (Å²) in [5.74, 6) is -1.08. The number of ketones is 1. The van der Waals surface area contributed by atoms with E-state index in [1.807, 2.05) is 27.7 Å². The average molecular weight is 216 g/mol. The highest BCUT2D eigenvalue weighted by Crippen LogP contribution is 2.24. The van der Waals surface area contributed by atoms with Gasteiger partial charge in [0, 0.05) is 13.0 Å². The molecule has 4 nitrogen and oxygen atoms in total. The van der Waals surface area contributed by atoms with E-state index in [0.29, 0.717) is 6.61 Å². The van der Waals surface area contributed by atoms with E-state index < -0.39 is 12.1 Å². The van der Waals surface area contributed by atoms with Gasteiger partial charge >= 0.3 is 5.97 Å². The molecule has 0 aromatic rings. The van der Waals surface area contributed by atoms with Crippen molar-refractivity contribution in [3.05, 3.63) is 0 Å². The maximum atomic E-state index is 11.7. The first-order valence-electron chi connectivity index (χ1n) is 5.15. The van der Waals surface area contributed by atoms with E-state index in [1.165, 1.54) is 0 Å². The zero-order chi connectivity index (χ0) is 12.1. The van der Waals surface area contributed by atoms with Gasteiger partial charge in [-0.2, -0.15) is 0 Å². The molecule has 0 spiro atoms. The van der Waals surface area contributed by atoms with Gasteiger partial charge < -0.3 is 9.84 Å². The number of carboxylic acid groups (broad SMARTS) is 1. The lowest BCUT2D eigenvalue weighted by Crippen LogP contribution is -2.37. The molecule has 0 amide bonds. The van der Waals surface area contributed by atoms with E-state index in [-0.39, 0.29) is 24.0 Å². The third-order valence-corrected chi connectivity index (χ3v) is 2.00. The third kappa shape index (κ3) is 5.52. The first-order valence-corrected chi connectivity index (χ1v) is 5.15. The number of aliphatic carboxylic acids is 1. The minimum Gasteiger partial charge on any atom is -0.481 e. The number of carbonyl (C=O) groups is 2. The second-order valence-corrected chi connectivity index (χ2v) is 4.56. The number of hydrogen-bond donors (Lipinski definition) is 1. The lowest BCUT2D eigenvalue weighted by atomic mass is 9.85. The predicted molar refractivity (Wildman–Crippen MR) is 56.7 cm³/mol. The molecule has 0 rings (SSSR count). The fourth-order valence-electron chi connectivity index (χ4n) is 1.35. The Morgan fingerprint density at radius 1 is 1.27 bits per heavy atom. The molecule has 0 aliphatic heterocycles. The summed E-state index contributed by atoms with van der Waals surface area (Å²) in [6, 6.07) is 0. The highest BCUT2D eigenvalue weighted by molar-refractivity contribution is 5.86. The molecule has 0 saturated carbocycles. The fraction of sp³-hybridized carbons (Fsp3) is 0.818. The molecular formula is C11H20O4. The topological polar surface area (TPSA) is 63.6 Å². The smallest absolute Gasteiger partial charge is 0.303 e. The average Bonchev–Trinajstić information content (AvgIpc) is 2.08. The Hall–Kier alpha value is -0.900. The van der Waals surface area contributed by atoms with Gasteiger partial charge in [0.2, 0.25) is 0 Å². The van der Waals surface area contributed by atoms with Crippen molar-refractivity contribution in [2.24, 2.45) is 5.41 Å². The van der Waals surface area contributed by atoms with Crippen LogP contribution in [0.4, 0.5) is 0 Å². The van der Waals surface area contributed by atoms with Crippen molar-refractivity contribution in [1.29, 1.82) is 0 Å². The van der Waals surface area contributed by atoms with Gasteiger partial charge in [-0.25, -0.2) is 0 Å². The van der Waals surface area contributed by atoms with E-state index >= 15 is 0 Å². The van der Waals surface area contributed by atoms with Crippen LogP contribution in [0.2, 0.25) is 0 Å². The third-order valence-electron chi connectivity index (χ3n) is 2.00. The molecule has 0 aromatic heterocycles. The first kappa shape index (κ1) is 14.1. The molecule has 15 heavy (non-hydrogen) atoms. The quantitative estimate of drug-likeness (QED) is 0.736. The summed E-state index contributed by atoms with van der Waals surface area (Å²) in [5, 5.41) is 8.48. The SMILES string of the molecule is CCOC(C(=O)CCC(=O)O)C(C)(C)C. The lowest BCUT2D eigenvalue weighted by Gasteiger charge is -2.28. The maximum absolute atomic E-state index is 11.7. The molecule has 0 heterocycles. The van der Waals surface area contributed by atoms with Crippen LogP contribution in [-0.2, 0) is 14.3 Å². The summed E-state index contributed by atoms with van der Waals surface area (Å²) < 4.78 is 5.36. The summed E-state index contributed by atoms with van der Waals surface area (Å²) >= 11 is 0. The van der Waals surface area contributed by atoms with Gasteiger partial charge in [-0.1, -0.05) is 20.8 Å². The standard InChI is InChI=1S/C11H20O4/c1-5-15-10(11(2,3)4)8(12)6-7-9(13)14/h10H,5-7H2,1-4H3,(H,13,14). The van der Waals surface area contributed by atoms with Crippen LogP contribution < -0.4 is 0 Å². The monoisotopic (exact) mass is 216 g/mol. The van der Waals surface area contributed by atoms with Gasteiger partial charge in [0.25, 0.3) is 0 Å². The van der Waals surface area contributed by atoms with Crippen LogP contribution in [0.3, 0.4) is 0 Å². The summed E-state index contributed by atoms with van der Waals surface area (Å²) in [6.45, 7) is 8.01. The molecule has 0 saturated heterocycles. The fourth-order valence-corrected chi connectivity index (χ4v) is 1.35. The minimum atomic E-state index is -0.951. The molecule has 0 fully saturated rings. The Morgan fingerprint density at radius 3 is 2.13 bits per heavy atom. The summed E-state index contributed by atoms with van der Waals surface area (Å²) in [4.78, 5) is 22.0. The Labute approximate surface area is 90.6 Å². The highest BCUT2D eigenvalue weighted by Gasteiger charge is 2.31. The van der Waals surface area contributed by atoms with E-state index in [1.54, 1.807) is 0 Å². The van der Waals surface area contributed by atoms with Gasteiger partial charge in [-0.05, 0) is 12.3 Å². The van der Waals surface area contributed by atoms with Crippen molar-refractivity contribution >= 4 is 11.8 Å². The van der Waals surface area contributed by atoms with Gasteiger partial charge in [-0.15, -0.1) is 0 Å². The summed E-state index contributed by atoms with van der Waals surface area (Å²) in [5.41, 5.74) is -0.286. The van der Waals surface area contributed by atoms with Crippen LogP contribution in [0.5, 0.6) is 0 Å². The Kier molecular flexibility index (Phi) is 5.50. The summed E-state index contributed by atoms with van der Waals surface area (Å²) in [7, 11) is 0. The molecule has 4 heteroatoms. The van der Waals surface area contributed by atoms with Crippen LogP contribution in [0.1, 0.15) is 40.5 Å². The van der Waals surface area contributed by atoms with Gasteiger partial charge in [0.05, 0.1) is 6.42 Å². The lowest BCUT2D eigenvalue weighted by molar-refractivity contribution is -0.143. The maximum Gasteiger partial charge on any atom is 0.303 e. The van der Waals surface area contributed by atoms with Crippen molar-refractivity contribution in [1.82, 2.24) is 0 Å². The molecule has 0 aliphatic rings. The molecule has 0 bridgehead atoms. The molecule has 0 aromatic carbocycles. The van der Waals surface area contributed by atoms with Crippen molar-refractivity contribution in [2.75, 3.05) is 6.61 Å². The van der Waals surface area contributed by atoms with E-state index in [4.69, 9.17) is 9.84 Å². The molecular weight excluding hydrogens is 196 g/mol. The molecule has 0 radical (unpaired) electrons. The van der Waals surface area contributed by atoms with E-state index in [2.05, 4.69) is 0 Å². The molecule has 1 unspecified atom stereocenters. The van der Waals surface area contributed by atoms with Crippen molar-refractivity contribution < 1.29 is 19.4 Å². The van der Waals surface area contributed by atoms with Gasteiger partial charge in [-0.3, -0.25) is 9.59 Å². The zero-order valence-corrected chi connectivity index (χ0v) is 9.87. The van der Waals surface area contributed by atoms with Crippen molar-refractivity contribution in [3.63, 3.8) is 0 Å². The Balaban J connectivity index is 4.36. The van der Waals surface area contributed by atoms with Crippen LogP contribution in [0.25, 0.3) is 0 Å². The molecule has 1 N–H and O–H groups in total. The predicted octanol–water partition coefficient (Wildman–Crippen LogP) is 1.87. The first-order chi connectivity index (χ1) is 6.79. The Bertz CT molecular complexity index is 227. The minimum absolute atomic E-state index is 0.0390. The van der Waals surface area contributed by atoms with Crippen LogP contribution >= 0.6 is 0 Å². The van der Waals surface area contributed by atoms with E-state index in [0.717, 1.165) is 0 Å². The zero-order valence-electron chi connectivity index (χ0n) is 9.87. The van der Waals surface area contributed by atoms with Crippen LogP contribution in [-0.4, -0.2) is 29.6 Å². The highest BCUT2D eigenvalue weighted by atomic mass is 16.5. The molecule has 88 valence electrons. The van der Waals surface area contributed by atoms with Gasteiger partial charge in [0.1, 0.15) is 6.10 Å². The number of Topliss-reactive ketones (excluding diaryl/α,β-unsaturated/α-hetero) is 1. The van der Waals surface area contributed by atoms with E-state index in [9.17, 15) is 9.59 Å². The largest absolute Gasteiger partial charge is 0.481 e. The molecule has 0 aliphatic carbocycles. The normalized spacial score (nSPS) is 13.6. The van der Waals surface area contributed by atoms with Crippen molar-refractivity contribution in [3.8, 4) is 0 Å². The van der Waals surface area contributed by atoms with Gasteiger partial charge in [0.15, 0.2) is 5.78 Å². The number of ether oxygens (including phenoxy) is 1. The number of hydrogen-bond acceptors (Lipinski definition) is 3. The number of carbonyl (C=O) groups excluding carboxylic acids is 1.